The zero-order chi connectivity index (χ0) is 17.4. The van der Waals surface area contributed by atoms with Crippen LogP contribution in [0.2, 0.25) is 0 Å². The Bertz CT molecular complexity index is 996. The summed E-state index contributed by atoms with van der Waals surface area (Å²) in [5.41, 5.74) is 1.03. The van der Waals surface area contributed by atoms with Crippen molar-refractivity contribution in [2.24, 2.45) is 0 Å². The molecule has 0 aliphatic rings. The topological polar surface area (TPSA) is 84.9 Å². The molecule has 3 aromatic rings. The summed E-state index contributed by atoms with van der Waals surface area (Å²) in [6.45, 7) is 5.51. The Kier molecular flexibility index (Phi) is 4.51. The van der Waals surface area contributed by atoms with Crippen LogP contribution in [0.1, 0.15) is 39.7 Å². The Morgan fingerprint density at radius 3 is 2.83 bits per heavy atom. The summed E-state index contributed by atoms with van der Waals surface area (Å²) in [5, 5.41) is 0.593. The molecule has 124 valence electrons. The third kappa shape index (κ3) is 3.11. The van der Waals surface area contributed by atoms with Crippen LogP contribution in [0.15, 0.2) is 27.7 Å². The molecule has 1 atom stereocenters. The van der Waals surface area contributed by atoms with Gasteiger partial charge in [-0.05, 0) is 48.3 Å². The molecule has 0 fully saturated rings. The van der Waals surface area contributed by atoms with E-state index in [1.54, 1.807) is 19.2 Å². The first-order valence-corrected chi connectivity index (χ1v) is 8.79. The maximum absolute atomic E-state index is 12.3. The average molecular weight is 408 g/mol. The van der Waals surface area contributed by atoms with Crippen molar-refractivity contribution in [2.75, 3.05) is 0 Å². The van der Waals surface area contributed by atoms with E-state index in [1.165, 1.54) is 17.5 Å². The largest absolute Gasteiger partial charge is 0.451 e. The van der Waals surface area contributed by atoms with Crippen LogP contribution in [-0.2, 0) is 4.74 Å². The van der Waals surface area contributed by atoms with Gasteiger partial charge in [-0.25, -0.2) is 9.78 Å². The molecular weight excluding hydrogens is 394 g/mol. The lowest BCUT2D eigenvalue weighted by molar-refractivity contribution is 0.0319. The lowest BCUT2D eigenvalue weighted by Crippen LogP contribution is -2.17. The number of carbonyl (C=O) groups excluding carboxylic acids is 1. The fraction of sp³-hybridized carbons (Fsp3) is 0.250. The number of aryl methyl sites for hydroxylation is 2. The minimum Gasteiger partial charge on any atom is -0.451 e. The van der Waals surface area contributed by atoms with E-state index in [0.29, 0.717) is 26.1 Å². The molecule has 1 unspecified atom stereocenters. The molecule has 3 rings (SSSR count). The molecule has 24 heavy (non-hydrogen) atoms. The SMILES string of the molecule is Cc1sc2nc(C(C)OC(=O)c3cncc(Br)c3)[nH]c(=O)c2c1C. The van der Waals surface area contributed by atoms with E-state index in [1.807, 2.05) is 13.8 Å². The summed E-state index contributed by atoms with van der Waals surface area (Å²) in [4.78, 5) is 37.3. The van der Waals surface area contributed by atoms with Crippen molar-refractivity contribution in [3.05, 3.63) is 55.1 Å². The second kappa shape index (κ2) is 6.45. The second-order valence-electron chi connectivity index (χ2n) is 5.35. The highest BCUT2D eigenvalue weighted by Crippen LogP contribution is 2.27. The maximum Gasteiger partial charge on any atom is 0.340 e. The zero-order valence-corrected chi connectivity index (χ0v) is 15.6. The van der Waals surface area contributed by atoms with Crippen LogP contribution in [0.25, 0.3) is 10.2 Å². The summed E-state index contributed by atoms with van der Waals surface area (Å²) in [7, 11) is 0. The predicted molar refractivity (Wildman–Crippen MR) is 95.5 cm³/mol. The Hall–Kier alpha value is -2.06. The van der Waals surface area contributed by atoms with Gasteiger partial charge in [0, 0.05) is 21.7 Å². The molecule has 0 aliphatic heterocycles. The number of hydrogen-bond donors (Lipinski definition) is 1. The number of hydrogen-bond acceptors (Lipinski definition) is 6. The van der Waals surface area contributed by atoms with Crippen LogP contribution in [0.4, 0.5) is 0 Å². The van der Waals surface area contributed by atoms with E-state index in [-0.39, 0.29) is 5.56 Å². The van der Waals surface area contributed by atoms with E-state index in [4.69, 9.17) is 4.74 Å². The Balaban J connectivity index is 1.90. The first-order valence-electron chi connectivity index (χ1n) is 7.18. The summed E-state index contributed by atoms with van der Waals surface area (Å²) in [6.07, 6.45) is 2.32. The second-order valence-corrected chi connectivity index (χ2v) is 7.47. The number of halogens is 1. The summed E-state index contributed by atoms with van der Waals surface area (Å²) < 4.78 is 6.07. The number of esters is 1. The van der Waals surface area contributed by atoms with Crippen molar-refractivity contribution in [1.29, 1.82) is 0 Å². The monoisotopic (exact) mass is 407 g/mol. The van der Waals surface area contributed by atoms with E-state index in [2.05, 4.69) is 30.9 Å². The van der Waals surface area contributed by atoms with Gasteiger partial charge in [-0.2, -0.15) is 0 Å². The molecule has 0 saturated carbocycles. The van der Waals surface area contributed by atoms with Gasteiger partial charge in [-0.3, -0.25) is 9.78 Å². The van der Waals surface area contributed by atoms with E-state index in [9.17, 15) is 9.59 Å². The number of carbonyl (C=O) groups is 1. The number of rotatable bonds is 3. The van der Waals surface area contributed by atoms with Crippen LogP contribution >= 0.6 is 27.3 Å². The molecule has 8 heteroatoms. The van der Waals surface area contributed by atoms with Crippen molar-refractivity contribution >= 4 is 43.5 Å². The Labute approximate surface area is 150 Å². The minimum atomic E-state index is -0.684. The van der Waals surface area contributed by atoms with Gasteiger partial charge in [0.05, 0.1) is 10.9 Å². The molecule has 0 bridgehead atoms. The minimum absolute atomic E-state index is 0.219. The first kappa shape index (κ1) is 16.8. The lowest BCUT2D eigenvalue weighted by atomic mass is 10.2. The highest BCUT2D eigenvalue weighted by atomic mass is 79.9. The molecule has 0 spiro atoms. The number of pyridine rings is 1. The van der Waals surface area contributed by atoms with Gasteiger partial charge in [-0.15, -0.1) is 11.3 Å². The van der Waals surface area contributed by atoms with Crippen LogP contribution in [0, 0.1) is 13.8 Å². The van der Waals surface area contributed by atoms with Crippen molar-refractivity contribution in [3.8, 4) is 0 Å². The Morgan fingerprint density at radius 1 is 1.38 bits per heavy atom. The number of fused-ring (bicyclic) bond motifs is 1. The first-order chi connectivity index (χ1) is 11.4. The fourth-order valence-electron chi connectivity index (χ4n) is 2.27. The molecule has 6 nitrogen and oxygen atoms in total. The molecule has 0 aromatic carbocycles. The molecule has 0 saturated heterocycles. The van der Waals surface area contributed by atoms with Gasteiger partial charge < -0.3 is 9.72 Å². The molecule has 0 amide bonds. The van der Waals surface area contributed by atoms with Gasteiger partial charge in [-0.1, -0.05) is 0 Å². The maximum atomic E-state index is 12.3. The normalized spacial score (nSPS) is 12.3. The molecule has 1 N–H and O–H groups in total. The Morgan fingerprint density at radius 2 is 2.12 bits per heavy atom. The van der Waals surface area contributed by atoms with Crippen molar-refractivity contribution in [1.82, 2.24) is 15.0 Å². The van der Waals surface area contributed by atoms with Crippen LogP contribution in [-0.4, -0.2) is 20.9 Å². The molecule has 0 radical (unpaired) electrons. The quantitative estimate of drug-likeness (QED) is 0.669. The number of H-pyrrole nitrogens is 1. The average Bonchev–Trinajstić information content (AvgIpc) is 2.82. The number of ether oxygens (including phenoxy) is 1. The fourth-order valence-corrected chi connectivity index (χ4v) is 3.67. The summed E-state index contributed by atoms with van der Waals surface area (Å²) >= 11 is 4.71. The van der Waals surface area contributed by atoms with Gasteiger partial charge in [0.15, 0.2) is 11.9 Å². The van der Waals surface area contributed by atoms with Gasteiger partial charge in [0.1, 0.15) is 4.83 Å². The smallest absolute Gasteiger partial charge is 0.340 e. The highest BCUT2D eigenvalue weighted by Gasteiger charge is 2.19. The summed E-state index contributed by atoms with van der Waals surface area (Å²) in [5.74, 6) is -0.206. The van der Waals surface area contributed by atoms with Crippen LogP contribution in [0.3, 0.4) is 0 Å². The lowest BCUT2D eigenvalue weighted by Gasteiger charge is -2.12. The molecular formula is C16H14BrN3O3S. The van der Waals surface area contributed by atoms with Crippen LogP contribution in [0.5, 0.6) is 0 Å². The van der Waals surface area contributed by atoms with E-state index < -0.39 is 12.1 Å². The third-order valence-electron chi connectivity index (χ3n) is 3.67. The van der Waals surface area contributed by atoms with Gasteiger partial charge in [0.2, 0.25) is 0 Å². The van der Waals surface area contributed by atoms with Crippen LogP contribution < -0.4 is 5.56 Å². The third-order valence-corrected chi connectivity index (χ3v) is 5.20. The van der Waals surface area contributed by atoms with Crippen molar-refractivity contribution < 1.29 is 9.53 Å². The standard InChI is InChI=1S/C16H14BrN3O3S/c1-7-9(3)24-15-12(7)14(21)19-13(20-15)8(2)23-16(22)10-4-11(17)6-18-5-10/h4-6,8H,1-3H3,(H,19,20,21). The molecule has 3 heterocycles. The van der Waals surface area contributed by atoms with Crippen molar-refractivity contribution in [3.63, 3.8) is 0 Å². The van der Waals surface area contributed by atoms with E-state index >= 15 is 0 Å². The zero-order valence-electron chi connectivity index (χ0n) is 13.2. The van der Waals surface area contributed by atoms with Crippen molar-refractivity contribution in [2.45, 2.75) is 26.9 Å². The molecule has 3 aromatic heterocycles. The predicted octanol–water partition coefficient (Wildman–Crippen LogP) is 3.68. The number of nitrogens with one attached hydrogen (secondary N) is 1. The van der Waals surface area contributed by atoms with Gasteiger partial charge >= 0.3 is 5.97 Å². The number of aromatic nitrogens is 3. The number of aromatic amines is 1. The van der Waals surface area contributed by atoms with E-state index in [0.717, 1.165) is 10.4 Å². The van der Waals surface area contributed by atoms with Gasteiger partial charge in [0.25, 0.3) is 5.56 Å². The highest BCUT2D eigenvalue weighted by molar-refractivity contribution is 9.10. The number of thiophene rings is 1. The summed E-state index contributed by atoms with van der Waals surface area (Å²) in [6, 6.07) is 1.62. The molecule has 0 aliphatic carbocycles. The number of nitrogens with zero attached hydrogens (tertiary/aromatic N) is 2.